The van der Waals surface area contributed by atoms with Crippen LogP contribution in [0.4, 0.5) is 22.7 Å². The number of hydrogen-bond donors (Lipinski definition) is 0. The zero-order valence-electron chi connectivity index (χ0n) is 12.4. The lowest BCUT2D eigenvalue weighted by Gasteiger charge is -2.11. The number of azo groups is 1. The van der Waals surface area contributed by atoms with Gasteiger partial charge in [-0.15, -0.1) is 0 Å². The lowest BCUT2D eigenvalue weighted by Crippen LogP contribution is -2.07. The molecule has 0 aliphatic carbocycles. The van der Waals surface area contributed by atoms with Crippen molar-refractivity contribution in [1.29, 1.82) is 0 Å². The number of benzene rings is 2. The molecule has 0 aliphatic heterocycles. The van der Waals surface area contributed by atoms with Crippen molar-refractivity contribution in [3.8, 4) is 0 Å². The average Bonchev–Trinajstić information content (AvgIpc) is 2.46. The normalized spacial score (nSPS) is 10.8. The van der Waals surface area contributed by atoms with E-state index in [2.05, 4.69) is 20.0 Å². The lowest BCUT2D eigenvalue weighted by atomic mass is 10.2. The van der Waals surface area contributed by atoms with E-state index >= 15 is 0 Å². The third-order valence-electron chi connectivity index (χ3n) is 3.01. The molecule has 104 valence electrons. The minimum atomic E-state index is 0.854. The first-order valence-corrected chi connectivity index (χ1v) is 6.53. The van der Waals surface area contributed by atoms with Crippen LogP contribution in [0.15, 0.2) is 58.8 Å². The third-order valence-corrected chi connectivity index (χ3v) is 3.01. The van der Waals surface area contributed by atoms with Crippen molar-refractivity contribution in [3.63, 3.8) is 0 Å². The molecule has 2 aromatic carbocycles. The van der Waals surface area contributed by atoms with Gasteiger partial charge in [-0.05, 0) is 48.5 Å². The molecule has 0 spiro atoms. The molecule has 4 heteroatoms. The highest BCUT2D eigenvalue weighted by atomic mass is 15.1. The number of nitrogens with zero attached hydrogens (tertiary/aromatic N) is 4. The molecule has 0 fully saturated rings. The van der Waals surface area contributed by atoms with Crippen LogP contribution in [0.2, 0.25) is 0 Å². The largest absolute Gasteiger partial charge is 0.378 e. The van der Waals surface area contributed by atoms with Gasteiger partial charge in [0.15, 0.2) is 0 Å². The summed E-state index contributed by atoms with van der Waals surface area (Å²) in [5.74, 6) is 0. The smallest absolute Gasteiger partial charge is 0.0858 e. The monoisotopic (exact) mass is 268 g/mol. The molecule has 0 aliphatic rings. The Morgan fingerprint density at radius 3 is 1.10 bits per heavy atom. The molecule has 0 heterocycles. The molecule has 2 rings (SSSR count). The SMILES string of the molecule is CN(C)c1ccc(N=Nc2ccc(N(C)C)cc2)cc1. The Morgan fingerprint density at radius 1 is 0.550 bits per heavy atom. The van der Waals surface area contributed by atoms with Gasteiger partial charge in [0.25, 0.3) is 0 Å². The van der Waals surface area contributed by atoms with Crippen LogP contribution < -0.4 is 9.80 Å². The average molecular weight is 268 g/mol. The summed E-state index contributed by atoms with van der Waals surface area (Å²) in [6.45, 7) is 0. The molecule has 0 bridgehead atoms. The van der Waals surface area contributed by atoms with Gasteiger partial charge < -0.3 is 9.80 Å². The number of hydrogen-bond acceptors (Lipinski definition) is 4. The quantitative estimate of drug-likeness (QED) is 0.777. The molecule has 0 saturated heterocycles. The molecule has 0 amide bonds. The highest BCUT2D eigenvalue weighted by Crippen LogP contribution is 2.22. The first kappa shape index (κ1) is 14.1. The summed E-state index contributed by atoms with van der Waals surface area (Å²) >= 11 is 0. The molecule has 0 aromatic heterocycles. The predicted molar refractivity (Wildman–Crippen MR) is 85.7 cm³/mol. The Morgan fingerprint density at radius 2 is 0.850 bits per heavy atom. The van der Waals surface area contributed by atoms with Crippen LogP contribution in [-0.4, -0.2) is 28.2 Å². The molecule has 0 unspecified atom stereocenters. The highest BCUT2D eigenvalue weighted by molar-refractivity contribution is 5.53. The second-order valence-corrected chi connectivity index (χ2v) is 5.02. The Kier molecular flexibility index (Phi) is 4.35. The predicted octanol–water partition coefficient (Wildman–Crippen LogP) is 4.23. The Hall–Kier alpha value is -2.36. The standard InChI is InChI=1S/C16H20N4/c1-19(2)15-9-5-13(6-10-15)17-18-14-7-11-16(12-8-14)20(3)4/h5-12H,1-4H3. The van der Waals surface area contributed by atoms with Crippen LogP contribution in [0.25, 0.3) is 0 Å². The van der Waals surface area contributed by atoms with Crippen molar-refractivity contribution in [1.82, 2.24) is 0 Å². The fraction of sp³-hybridized carbons (Fsp3) is 0.250. The van der Waals surface area contributed by atoms with Crippen molar-refractivity contribution >= 4 is 22.7 Å². The summed E-state index contributed by atoms with van der Waals surface area (Å²) in [7, 11) is 8.07. The summed E-state index contributed by atoms with van der Waals surface area (Å²) in [6, 6.07) is 16.0. The van der Waals surface area contributed by atoms with Crippen molar-refractivity contribution < 1.29 is 0 Å². The molecule has 0 radical (unpaired) electrons. The van der Waals surface area contributed by atoms with Crippen LogP contribution in [0.3, 0.4) is 0 Å². The maximum absolute atomic E-state index is 4.24. The molecule has 0 atom stereocenters. The van der Waals surface area contributed by atoms with Gasteiger partial charge in [0.2, 0.25) is 0 Å². The van der Waals surface area contributed by atoms with Gasteiger partial charge in [0.05, 0.1) is 11.4 Å². The van der Waals surface area contributed by atoms with Gasteiger partial charge >= 0.3 is 0 Å². The zero-order chi connectivity index (χ0) is 14.5. The minimum absolute atomic E-state index is 0.854. The molecule has 20 heavy (non-hydrogen) atoms. The second kappa shape index (κ2) is 6.19. The van der Waals surface area contributed by atoms with Crippen molar-refractivity contribution in [3.05, 3.63) is 48.5 Å². The highest BCUT2D eigenvalue weighted by Gasteiger charge is 1.96. The van der Waals surface area contributed by atoms with Gasteiger partial charge in [0.1, 0.15) is 0 Å². The minimum Gasteiger partial charge on any atom is -0.378 e. The number of rotatable bonds is 4. The number of anilines is 2. The fourth-order valence-corrected chi connectivity index (χ4v) is 1.75. The maximum atomic E-state index is 4.24. The Bertz CT molecular complexity index is 515. The Labute approximate surface area is 120 Å². The van der Waals surface area contributed by atoms with Crippen molar-refractivity contribution in [2.45, 2.75) is 0 Å². The molecule has 4 nitrogen and oxygen atoms in total. The summed E-state index contributed by atoms with van der Waals surface area (Å²) in [4.78, 5) is 4.11. The van der Waals surface area contributed by atoms with E-state index in [0.29, 0.717) is 0 Å². The van der Waals surface area contributed by atoms with E-state index in [9.17, 15) is 0 Å². The van der Waals surface area contributed by atoms with Crippen LogP contribution in [-0.2, 0) is 0 Å². The van der Waals surface area contributed by atoms with Gasteiger partial charge in [-0.1, -0.05) is 0 Å². The van der Waals surface area contributed by atoms with Gasteiger partial charge in [-0.2, -0.15) is 10.2 Å². The Balaban J connectivity index is 2.08. The van der Waals surface area contributed by atoms with E-state index in [4.69, 9.17) is 0 Å². The molecular formula is C16H20N4. The van der Waals surface area contributed by atoms with E-state index in [1.54, 1.807) is 0 Å². The van der Waals surface area contributed by atoms with E-state index < -0.39 is 0 Å². The molecule has 0 saturated carbocycles. The first-order chi connectivity index (χ1) is 9.56. The summed E-state index contributed by atoms with van der Waals surface area (Å²) in [6.07, 6.45) is 0. The van der Waals surface area contributed by atoms with E-state index in [-0.39, 0.29) is 0 Å². The van der Waals surface area contributed by atoms with E-state index in [1.165, 1.54) is 0 Å². The van der Waals surface area contributed by atoms with Crippen LogP contribution in [0.5, 0.6) is 0 Å². The topological polar surface area (TPSA) is 31.2 Å². The van der Waals surface area contributed by atoms with Crippen molar-refractivity contribution in [2.75, 3.05) is 38.0 Å². The van der Waals surface area contributed by atoms with Crippen molar-refractivity contribution in [2.24, 2.45) is 10.2 Å². The van der Waals surface area contributed by atoms with Crippen LogP contribution in [0, 0.1) is 0 Å². The zero-order valence-corrected chi connectivity index (χ0v) is 12.4. The van der Waals surface area contributed by atoms with E-state index in [0.717, 1.165) is 22.7 Å². The maximum Gasteiger partial charge on any atom is 0.0858 e. The fourth-order valence-electron chi connectivity index (χ4n) is 1.75. The molecular weight excluding hydrogens is 248 g/mol. The lowest BCUT2D eigenvalue weighted by molar-refractivity contribution is 1.12. The first-order valence-electron chi connectivity index (χ1n) is 6.53. The second-order valence-electron chi connectivity index (χ2n) is 5.02. The van der Waals surface area contributed by atoms with Crippen LogP contribution >= 0.6 is 0 Å². The van der Waals surface area contributed by atoms with Crippen LogP contribution in [0.1, 0.15) is 0 Å². The van der Waals surface area contributed by atoms with E-state index in [1.807, 2.05) is 76.7 Å². The summed E-state index contributed by atoms with van der Waals surface area (Å²) < 4.78 is 0. The van der Waals surface area contributed by atoms with Gasteiger partial charge in [-0.25, -0.2) is 0 Å². The van der Waals surface area contributed by atoms with Gasteiger partial charge in [-0.3, -0.25) is 0 Å². The third kappa shape index (κ3) is 3.57. The summed E-state index contributed by atoms with van der Waals surface area (Å²) in [5, 5.41) is 8.49. The molecule has 0 N–H and O–H groups in total. The summed E-state index contributed by atoms with van der Waals surface area (Å²) in [5.41, 5.74) is 4.01. The molecule has 2 aromatic rings. The van der Waals surface area contributed by atoms with Gasteiger partial charge in [0, 0.05) is 39.6 Å².